The summed E-state index contributed by atoms with van der Waals surface area (Å²) in [5.41, 5.74) is 1.52. The summed E-state index contributed by atoms with van der Waals surface area (Å²) in [5.74, 6) is -0.199. The van der Waals surface area contributed by atoms with Crippen LogP contribution in [0.4, 0.5) is 21.5 Å². The number of hydrogen-bond acceptors (Lipinski definition) is 6. The minimum atomic E-state index is -2.69. The number of pyridine rings is 1. The standard InChI is InChI=1S/C19H19ClFN7O/c1-9-18-24-10(2)26-28(18)15-6-11(21)5-14(17(15)27(9)4)25-13-7-16(20)23-8-12(13)19(29)22-3/h5-9H,1-4H3,(H,22,29)(H,23,25)/i3D3. The van der Waals surface area contributed by atoms with Gasteiger partial charge in [0.2, 0.25) is 0 Å². The van der Waals surface area contributed by atoms with Crippen LogP contribution >= 0.6 is 11.6 Å². The second-order valence-electron chi connectivity index (χ2n) is 6.67. The minimum Gasteiger partial charge on any atom is -0.361 e. The Morgan fingerprint density at radius 1 is 1.34 bits per heavy atom. The molecule has 2 aromatic heterocycles. The number of rotatable bonds is 3. The van der Waals surface area contributed by atoms with Crippen LogP contribution in [0.5, 0.6) is 0 Å². The highest BCUT2D eigenvalue weighted by Gasteiger charge is 2.31. The predicted molar refractivity (Wildman–Crippen MR) is 109 cm³/mol. The van der Waals surface area contributed by atoms with E-state index in [1.807, 2.05) is 24.2 Å². The third-order valence-corrected chi connectivity index (χ3v) is 5.03. The van der Waals surface area contributed by atoms with Crippen molar-refractivity contribution in [2.75, 3.05) is 24.2 Å². The molecule has 1 atom stereocenters. The highest BCUT2D eigenvalue weighted by molar-refractivity contribution is 6.29. The Labute approximate surface area is 175 Å². The molecule has 0 aliphatic carbocycles. The molecule has 0 saturated carbocycles. The number of aryl methyl sites for hydroxylation is 1. The Kier molecular flexibility index (Phi) is 3.79. The molecule has 1 amide bonds. The molecule has 1 aliphatic heterocycles. The number of fused-ring (bicyclic) bond motifs is 3. The lowest BCUT2D eigenvalue weighted by Crippen LogP contribution is -2.31. The largest absolute Gasteiger partial charge is 0.361 e. The molecule has 150 valence electrons. The monoisotopic (exact) mass is 418 g/mol. The number of aromatic nitrogens is 4. The fourth-order valence-corrected chi connectivity index (χ4v) is 3.54. The Morgan fingerprint density at radius 3 is 2.90 bits per heavy atom. The van der Waals surface area contributed by atoms with Crippen LogP contribution in [-0.2, 0) is 0 Å². The maximum absolute atomic E-state index is 14.6. The van der Waals surface area contributed by atoms with Crippen LogP contribution < -0.4 is 15.5 Å². The number of amides is 1. The number of benzene rings is 1. The number of anilines is 3. The topological polar surface area (TPSA) is 88.0 Å². The lowest BCUT2D eigenvalue weighted by Gasteiger charge is -2.35. The zero-order chi connectivity index (χ0) is 23.4. The molecule has 1 aromatic carbocycles. The molecule has 0 spiro atoms. The van der Waals surface area contributed by atoms with Crippen molar-refractivity contribution < 1.29 is 13.3 Å². The number of halogens is 2. The van der Waals surface area contributed by atoms with Gasteiger partial charge in [-0.05, 0) is 26.0 Å². The second kappa shape index (κ2) is 7.00. The van der Waals surface area contributed by atoms with E-state index in [4.69, 9.17) is 15.7 Å². The van der Waals surface area contributed by atoms with E-state index in [0.29, 0.717) is 28.7 Å². The summed E-state index contributed by atoms with van der Waals surface area (Å²) in [6.07, 6.45) is 1.16. The van der Waals surface area contributed by atoms with E-state index in [9.17, 15) is 9.18 Å². The maximum atomic E-state index is 14.6. The Balaban J connectivity index is 1.84. The van der Waals surface area contributed by atoms with E-state index in [1.54, 1.807) is 11.6 Å². The van der Waals surface area contributed by atoms with Gasteiger partial charge in [-0.3, -0.25) is 4.79 Å². The van der Waals surface area contributed by atoms with Gasteiger partial charge in [-0.25, -0.2) is 19.0 Å². The fraction of sp³-hybridized carbons (Fsp3) is 0.263. The maximum Gasteiger partial charge on any atom is 0.254 e. The highest BCUT2D eigenvalue weighted by Crippen LogP contribution is 2.43. The fourth-order valence-electron chi connectivity index (χ4n) is 3.38. The van der Waals surface area contributed by atoms with Crippen LogP contribution in [-0.4, -0.2) is 39.7 Å². The molecular formula is C19H19ClFN7O. The Morgan fingerprint density at radius 2 is 2.14 bits per heavy atom. The van der Waals surface area contributed by atoms with Gasteiger partial charge in [0.1, 0.15) is 16.8 Å². The Hall–Kier alpha value is -3.20. The van der Waals surface area contributed by atoms with Crippen LogP contribution in [0.2, 0.25) is 5.15 Å². The summed E-state index contributed by atoms with van der Waals surface area (Å²) in [6, 6.07) is 3.82. The van der Waals surface area contributed by atoms with Crippen LogP contribution in [0, 0.1) is 12.7 Å². The van der Waals surface area contributed by atoms with Crippen molar-refractivity contribution in [3.8, 4) is 5.69 Å². The number of carbonyl (C=O) groups is 1. The van der Waals surface area contributed by atoms with E-state index in [1.165, 1.54) is 18.2 Å². The molecular weight excluding hydrogens is 397 g/mol. The zero-order valence-electron chi connectivity index (χ0n) is 18.8. The summed E-state index contributed by atoms with van der Waals surface area (Å²) in [7, 11) is 1.84. The smallest absolute Gasteiger partial charge is 0.254 e. The molecule has 0 bridgehead atoms. The van der Waals surface area contributed by atoms with Gasteiger partial charge in [0, 0.05) is 30.4 Å². The van der Waals surface area contributed by atoms with E-state index in [-0.39, 0.29) is 22.4 Å². The average molecular weight is 419 g/mol. The SMILES string of the molecule is [2H]C([2H])([2H])NC(=O)c1cnc(Cl)cc1Nc1cc(F)cc2c1N(C)C(C)c1nc(C)nn1-2. The molecule has 4 rings (SSSR count). The summed E-state index contributed by atoms with van der Waals surface area (Å²) in [6.45, 7) is 1.00. The average Bonchev–Trinajstić information content (AvgIpc) is 3.06. The highest BCUT2D eigenvalue weighted by atomic mass is 35.5. The van der Waals surface area contributed by atoms with Gasteiger partial charge in [-0.15, -0.1) is 0 Å². The first kappa shape index (κ1) is 15.7. The quantitative estimate of drug-likeness (QED) is 0.634. The summed E-state index contributed by atoms with van der Waals surface area (Å²) >= 11 is 6.02. The van der Waals surface area contributed by atoms with Crippen LogP contribution in [0.3, 0.4) is 0 Å². The van der Waals surface area contributed by atoms with Crippen LogP contribution in [0.1, 0.15) is 39.1 Å². The van der Waals surface area contributed by atoms with Gasteiger partial charge in [0.25, 0.3) is 5.91 Å². The minimum absolute atomic E-state index is 0.0627. The molecule has 29 heavy (non-hydrogen) atoms. The van der Waals surface area contributed by atoms with Crippen molar-refractivity contribution in [1.82, 2.24) is 25.1 Å². The van der Waals surface area contributed by atoms with Crippen molar-refractivity contribution in [3.63, 3.8) is 0 Å². The van der Waals surface area contributed by atoms with Crippen molar-refractivity contribution >= 4 is 34.6 Å². The molecule has 1 unspecified atom stereocenters. The molecule has 2 N–H and O–H groups in total. The number of nitrogens with zero attached hydrogens (tertiary/aromatic N) is 5. The molecule has 0 fully saturated rings. The summed E-state index contributed by atoms with van der Waals surface area (Å²) < 4.78 is 38.1. The molecule has 3 aromatic rings. The van der Waals surface area contributed by atoms with Gasteiger partial charge < -0.3 is 15.5 Å². The first-order valence-corrected chi connectivity index (χ1v) is 9.08. The molecule has 3 heterocycles. The molecule has 10 heteroatoms. The third-order valence-electron chi connectivity index (χ3n) is 4.83. The van der Waals surface area contributed by atoms with Crippen molar-refractivity contribution in [1.29, 1.82) is 0 Å². The van der Waals surface area contributed by atoms with Crippen LogP contribution in [0.25, 0.3) is 5.69 Å². The van der Waals surface area contributed by atoms with E-state index in [2.05, 4.69) is 20.4 Å². The zero-order valence-corrected chi connectivity index (χ0v) is 16.5. The summed E-state index contributed by atoms with van der Waals surface area (Å²) in [4.78, 5) is 22.7. The van der Waals surface area contributed by atoms with Gasteiger partial charge in [0.05, 0.1) is 34.4 Å². The van der Waals surface area contributed by atoms with Gasteiger partial charge in [-0.1, -0.05) is 11.6 Å². The van der Waals surface area contributed by atoms with E-state index in [0.717, 1.165) is 6.20 Å². The van der Waals surface area contributed by atoms with E-state index >= 15 is 0 Å². The van der Waals surface area contributed by atoms with Crippen LogP contribution in [0.15, 0.2) is 24.4 Å². The lowest BCUT2D eigenvalue weighted by atomic mass is 10.1. The van der Waals surface area contributed by atoms with Gasteiger partial charge in [-0.2, -0.15) is 5.10 Å². The van der Waals surface area contributed by atoms with E-state index < -0.39 is 18.7 Å². The second-order valence-corrected chi connectivity index (χ2v) is 7.06. The van der Waals surface area contributed by atoms with Crippen molar-refractivity contribution in [2.24, 2.45) is 0 Å². The number of hydrogen-bond donors (Lipinski definition) is 2. The normalized spacial score (nSPS) is 16.9. The Bertz CT molecular complexity index is 1230. The van der Waals surface area contributed by atoms with Crippen molar-refractivity contribution in [2.45, 2.75) is 19.9 Å². The number of carbonyl (C=O) groups excluding carboxylic acids is 1. The molecule has 8 nitrogen and oxygen atoms in total. The first-order valence-electron chi connectivity index (χ1n) is 10.2. The molecule has 1 aliphatic rings. The molecule has 0 saturated heterocycles. The lowest BCUT2D eigenvalue weighted by molar-refractivity contribution is 0.0963. The van der Waals surface area contributed by atoms with Gasteiger partial charge in [0.15, 0.2) is 5.82 Å². The predicted octanol–water partition coefficient (Wildman–Crippen LogP) is 3.38. The third kappa shape index (κ3) is 3.17. The first-order chi connectivity index (χ1) is 14.9. The van der Waals surface area contributed by atoms with Gasteiger partial charge >= 0.3 is 0 Å². The summed E-state index contributed by atoms with van der Waals surface area (Å²) in [5, 5.41) is 9.41. The number of nitrogens with one attached hydrogen (secondary N) is 2. The molecule has 0 radical (unpaired) electrons. The van der Waals surface area contributed by atoms with Crippen molar-refractivity contribution in [3.05, 3.63) is 52.6 Å².